The fraction of sp³-hybridized carbons (Fsp3) is 0.500. The number of carbonyl (C=O) groups is 1. The minimum absolute atomic E-state index is 0.0113. The van der Waals surface area contributed by atoms with Gasteiger partial charge in [-0.2, -0.15) is 0 Å². The van der Waals surface area contributed by atoms with Gasteiger partial charge in [-0.3, -0.25) is 4.79 Å². The van der Waals surface area contributed by atoms with Crippen molar-refractivity contribution in [2.45, 2.75) is 6.92 Å². The maximum atomic E-state index is 12.2. The zero-order valence-electron chi connectivity index (χ0n) is 11.5. The topological polar surface area (TPSA) is 59.6 Å². The molecule has 5 heteroatoms. The Morgan fingerprint density at radius 1 is 1.21 bits per heavy atom. The van der Waals surface area contributed by atoms with E-state index in [1.54, 1.807) is 32.4 Å². The Labute approximate surface area is 113 Å². The Balaban J connectivity index is 2.11. The van der Waals surface area contributed by atoms with E-state index < -0.39 is 0 Å². The van der Waals surface area contributed by atoms with Gasteiger partial charge < -0.3 is 20.1 Å². The van der Waals surface area contributed by atoms with E-state index in [1.807, 2.05) is 0 Å². The molecule has 19 heavy (non-hydrogen) atoms. The predicted molar refractivity (Wildman–Crippen MR) is 73.7 cm³/mol. The summed E-state index contributed by atoms with van der Waals surface area (Å²) in [7, 11) is 3.17. The lowest BCUT2D eigenvalue weighted by Crippen LogP contribution is -2.27. The standard InChI is InChI=1S/C14H20N2O3/c1-9-7-15-8-13(9)14(17)16-10-4-11(18-2)6-12(5-10)19-3/h4-6,9,13,15H,7-8H2,1-3H3,(H,16,17)/t9-,13-/m1/s1. The van der Waals surface area contributed by atoms with Gasteiger partial charge in [0, 0.05) is 30.4 Å². The quantitative estimate of drug-likeness (QED) is 0.865. The van der Waals surface area contributed by atoms with Crippen molar-refractivity contribution in [1.82, 2.24) is 5.32 Å². The van der Waals surface area contributed by atoms with Gasteiger partial charge in [-0.05, 0) is 12.5 Å². The van der Waals surface area contributed by atoms with Crippen LogP contribution in [0.15, 0.2) is 18.2 Å². The van der Waals surface area contributed by atoms with Gasteiger partial charge >= 0.3 is 0 Å². The van der Waals surface area contributed by atoms with Crippen molar-refractivity contribution >= 4 is 11.6 Å². The SMILES string of the molecule is COc1cc(NC(=O)[C@@H]2CNC[C@H]2C)cc(OC)c1. The van der Waals surface area contributed by atoms with Gasteiger partial charge in [0.05, 0.1) is 20.1 Å². The molecule has 0 bridgehead atoms. The first-order valence-electron chi connectivity index (χ1n) is 6.38. The first kappa shape index (κ1) is 13.7. The highest BCUT2D eigenvalue weighted by atomic mass is 16.5. The second-order valence-corrected chi connectivity index (χ2v) is 4.83. The van der Waals surface area contributed by atoms with E-state index in [0.29, 0.717) is 23.1 Å². The Morgan fingerprint density at radius 2 is 1.84 bits per heavy atom. The molecule has 0 saturated carbocycles. The Bertz CT molecular complexity index is 440. The molecule has 1 amide bonds. The molecule has 0 unspecified atom stereocenters. The van der Waals surface area contributed by atoms with E-state index in [4.69, 9.17) is 9.47 Å². The third-order valence-corrected chi connectivity index (χ3v) is 3.47. The number of hydrogen-bond donors (Lipinski definition) is 2. The summed E-state index contributed by atoms with van der Waals surface area (Å²) in [4.78, 5) is 12.2. The molecular formula is C14H20N2O3. The summed E-state index contributed by atoms with van der Waals surface area (Å²) >= 11 is 0. The lowest BCUT2D eigenvalue weighted by Gasteiger charge is -2.15. The fourth-order valence-electron chi connectivity index (χ4n) is 2.28. The third kappa shape index (κ3) is 3.17. The van der Waals surface area contributed by atoms with E-state index in [2.05, 4.69) is 17.6 Å². The van der Waals surface area contributed by atoms with Crippen LogP contribution < -0.4 is 20.1 Å². The maximum Gasteiger partial charge on any atom is 0.229 e. The minimum Gasteiger partial charge on any atom is -0.497 e. The summed E-state index contributed by atoms with van der Waals surface area (Å²) in [6.07, 6.45) is 0. The summed E-state index contributed by atoms with van der Waals surface area (Å²) in [5.74, 6) is 1.72. The molecule has 0 spiro atoms. The molecule has 1 aliphatic heterocycles. The maximum absolute atomic E-state index is 12.2. The number of rotatable bonds is 4. The van der Waals surface area contributed by atoms with Crippen molar-refractivity contribution in [3.63, 3.8) is 0 Å². The monoisotopic (exact) mass is 264 g/mol. The van der Waals surface area contributed by atoms with Crippen molar-refractivity contribution in [3.05, 3.63) is 18.2 Å². The van der Waals surface area contributed by atoms with Gasteiger partial charge in [0.25, 0.3) is 0 Å². The zero-order valence-corrected chi connectivity index (χ0v) is 11.5. The van der Waals surface area contributed by atoms with E-state index in [1.165, 1.54) is 0 Å². The number of nitrogens with one attached hydrogen (secondary N) is 2. The number of ether oxygens (including phenoxy) is 2. The van der Waals surface area contributed by atoms with Gasteiger partial charge in [0.1, 0.15) is 11.5 Å². The minimum atomic E-state index is 0.0113. The van der Waals surface area contributed by atoms with E-state index >= 15 is 0 Å². The summed E-state index contributed by atoms with van der Waals surface area (Å²) in [5.41, 5.74) is 0.695. The second kappa shape index (κ2) is 5.93. The van der Waals surface area contributed by atoms with Crippen molar-refractivity contribution in [2.24, 2.45) is 11.8 Å². The van der Waals surface area contributed by atoms with Crippen LogP contribution in [0.2, 0.25) is 0 Å². The summed E-state index contributed by atoms with van der Waals surface area (Å²) < 4.78 is 10.4. The molecule has 0 radical (unpaired) electrons. The van der Waals surface area contributed by atoms with Crippen molar-refractivity contribution < 1.29 is 14.3 Å². The number of carbonyl (C=O) groups excluding carboxylic acids is 1. The first-order valence-corrected chi connectivity index (χ1v) is 6.38. The number of hydrogen-bond acceptors (Lipinski definition) is 4. The second-order valence-electron chi connectivity index (χ2n) is 4.83. The number of benzene rings is 1. The predicted octanol–water partition coefficient (Wildman–Crippen LogP) is 1.50. The van der Waals surface area contributed by atoms with Gasteiger partial charge in [-0.25, -0.2) is 0 Å². The van der Waals surface area contributed by atoms with Crippen LogP contribution in [-0.2, 0) is 4.79 Å². The van der Waals surface area contributed by atoms with E-state index in [-0.39, 0.29) is 11.8 Å². The smallest absolute Gasteiger partial charge is 0.229 e. The first-order chi connectivity index (χ1) is 9.13. The molecule has 1 saturated heterocycles. The highest BCUT2D eigenvalue weighted by molar-refractivity contribution is 5.93. The largest absolute Gasteiger partial charge is 0.497 e. The van der Waals surface area contributed by atoms with Gasteiger partial charge in [0.2, 0.25) is 5.91 Å². The van der Waals surface area contributed by atoms with Crippen LogP contribution in [-0.4, -0.2) is 33.2 Å². The Kier molecular flexibility index (Phi) is 4.27. The van der Waals surface area contributed by atoms with Crippen LogP contribution in [0.5, 0.6) is 11.5 Å². The van der Waals surface area contributed by atoms with E-state index in [9.17, 15) is 4.79 Å². The van der Waals surface area contributed by atoms with Crippen LogP contribution in [0.25, 0.3) is 0 Å². The zero-order chi connectivity index (χ0) is 13.8. The molecular weight excluding hydrogens is 244 g/mol. The molecule has 1 aromatic rings. The summed E-state index contributed by atoms with van der Waals surface area (Å²) in [6, 6.07) is 5.34. The molecule has 1 aliphatic rings. The van der Waals surface area contributed by atoms with Crippen molar-refractivity contribution in [1.29, 1.82) is 0 Å². The molecule has 5 nitrogen and oxygen atoms in total. The highest BCUT2D eigenvalue weighted by Gasteiger charge is 2.29. The van der Waals surface area contributed by atoms with Gasteiger partial charge in [-0.1, -0.05) is 6.92 Å². The van der Waals surface area contributed by atoms with Crippen LogP contribution in [0, 0.1) is 11.8 Å². The molecule has 1 aromatic carbocycles. The average molecular weight is 264 g/mol. The highest BCUT2D eigenvalue weighted by Crippen LogP contribution is 2.27. The summed E-state index contributed by atoms with van der Waals surface area (Å²) in [6.45, 7) is 3.70. The fourth-order valence-corrected chi connectivity index (χ4v) is 2.28. The Hall–Kier alpha value is -1.75. The van der Waals surface area contributed by atoms with Gasteiger partial charge in [0.15, 0.2) is 0 Å². The van der Waals surface area contributed by atoms with Crippen LogP contribution in [0.4, 0.5) is 5.69 Å². The normalized spacial score (nSPS) is 22.1. The molecule has 0 aliphatic carbocycles. The van der Waals surface area contributed by atoms with Crippen LogP contribution in [0.1, 0.15) is 6.92 Å². The molecule has 1 heterocycles. The number of methoxy groups -OCH3 is 2. The van der Waals surface area contributed by atoms with Crippen molar-refractivity contribution in [3.8, 4) is 11.5 Å². The molecule has 2 N–H and O–H groups in total. The Morgan fingerprint density at radius 3 is 2.32 bits per heavy atom. The molecule has 2 atom stereocenters. The number of anilines is 1. The summed E-state index contributed by atoms with van der Waals surface area (Å²) in [5, 5.41) is 6.15. The lowest BCUT2D eigenvalue weighted by molar-refractivity contribution is -0.120. The van der Waals surface area contributed by atoms with Crippen molar-refractivity contribution in [2.75, 3.05) is 32.6 Å². The van der Waals surface area contributed by atoms with E-state index in [0.717, 1.165) is 13.1 Å². The van der Waals surface area contributed by atoms with Gasteiger partial charge in [-0.15, -0.1) is 0 Å². The number of amides is 1. The third-order valence-electron chi connectivity index (χ3n) is 3.47. The molecule has 1 fully saturated rings. The van der Waals surface area contributed by atoms with Crippen LogP contribution in [0.3, 0.4) is 0 Å². The lowest BCUT2D eigenvalue weighted by atomic mass is 9.97. The molecule has 0 aromatic heterocycles. The average Bonchev–Trinajstić information content (AvgIpc) is 2.84. The molecule has 2 rings (SSSR count). The molecule has 104 valence electrons. The van der Waals surface area contributed by atoms with Crippen LogP contribution >= 0.6 is 0 Å².